The van der Waals surface area contributed by atoms with Gasteiger partial charge in [-0.25, -0.2) is 0 Å². The van der Waals surface area contributed by atoms with Crippen molar-refractivity contribution < 1.29 is 4.79 Å². The molecule has 0 heterocycles. The summed E-state index contributed by atoms with van der Waals surface area (Å²) < 4.78 is 0. The summed E-state index contributed by atoms with van der Waals surface area (Å²) in [5.41, 5.74) is 0.609. The number of rotatable bonds is 4. The molecule has 0 aliphatic rings. The van der Waals surface area contributed by atoms with Gasteiger partial charge in [0, 0.05) is 22.5 Å². The predicted octanol–water partition coefficient (Wildman–Crippen LogP) is 3.33. The molecule has 0 aromatic heterocycles. The highest BCUT2D eigenvalue weighted by molar-refractivity contribution is 6.30. The maximum atomic E-state index is 11.8. The lowest BCUT2D eigenvalue weighted by Crippen LogP contribution is -2.37. The van der Waals surface area contributed by atoms with Gasteiger partial charge in [0.15, 0.2) is 0 Å². The molecule has 0 aliphatic carbocycles. The van der Waals surface area contributed by atoms with E-state index in [4.69, 9.17) is 23.2 Å². The molecule has 1 aromatic carbocycles. The second kappa shape index (κ2) is 6.12. The van der Waals surface area contributed by atoms with E-state index in [1.165, 1.54) is 0 Å². The SMILES string of the molecule is CC(CCl)C(C)NC(=O)c1ccc(Cl)cc1. The molecule has 4 heteroatoms. The van der Waals surface area contributed by atoms with Crippen LogP contribution in [-0.2, 0) is 0 Å². The van der Waals surface area contributed by atoms with Crippen molar-refractivity contribution >= 4 is 29.1 Å². The first-order valence-corrected chi connectivity index (χ1v) is 6.08. The molecule has 0 saturated carbocycles. The Kier molecular flexibility index (Phi) is 5.10. The van der Waals surface area contributed by atoms with E-state index >= 15 is 0 Å². The molecule has 1 N–H and O–H groups in total. The summed E-state index contributed by atoms with van der Waals surface area (Å²) in [6, 6.07) is 6.87. The lowest BCUT2D eigenvalue weighted by atomic mass is 10.1. The number of hydrogen-bond donors (Lipinski definition) is 1. The first kappa shape index (κ1) is 13.3. The Morgan fingerprint density at radius 2 is 1.88 bits per heavy atom. The third-order valence-corrected chi connectivity index (χ3v) is 3.30. The highest BCUT2D eigenvalue weighted by Crippen LogP contribution is 2.10. The number of hydrogen-bond acceptors (Lipinski definition) is 1. The second-order valence-corrected chi connectivity index (χ2v) is 4.65. The molecular formula is C12H15Cl2NO. The summed E-state index contributed by atoms with van der Waals surface area (Å²) in [6.07, 6.45) is 0. The zero-order valence-electron chi connectivity index (χ0n) is 9.34. The highest BCUT2D eigenvalue weighted by Gasteiger charge is 2.14. The first-order chi connectivity index (χ1) is 7.54. The van der Waals surface area contributed by atoms with Crippen LogP contribution in [0.4, 0.5) is 0 Å². The van der Waals surface area contributed by atoms with E-state index in [9.17, 15) is 4.79 Å². The molecule has 1 aromatic rings. The van der Waals surface area contributed by atoms with E-state index in [2.05, 4.69) is 5.32 Å². The third kappa shape index (κ3) is 3.69. The number of benzene rings is 1. The van der Waals surface area contributed by atoms with Crippen LogP contribution in [0.3, 0.4) is 0 Å². The molecule has 1 amide bonds. The minimum Gasteiger partial charge on any atom is -0.349 e. The zero-order valence-corrected chi connectivity index (χ0v) is 10.8. The molecule has 0 fully saturated rings. The van der Waals surface area contributed by atoms with Crippen LogP contribution in [0.2, 0.25) is 5.02 Å². The van der Waals surface area contributed by atoms with Crippen molar-refractivity contribution in [3.8, 4) is 0 Å². The van der Waals surface area contributed by atoms with Crippen molar-refractivity contribution in [1.29, 1.82) is 0 Å². The monoisotopic (exact) mass is 259 g/mol. The van der Waals surface area contributed by atoms with E-state index in [1.54, 1.807) is 24.3 Å². The third-order valence-electron chi connectivity index (χ3n) is 2.56. The summed E-state index contributed by atoms with van der Waals surface area (Å²) in [7, 11) is 0. The minimum atomic E-state index is -0.0962. The summed E-state index contributed by atoms with van der Waals surface area (Å²) in [5, 5.41) is 3.52. The number of nitrogens with one attached hydrogen (secondary N) is 1. The van der Waals surface area contributed by atoms with Crippen LogP contribution >= 0.6 is 23.2 Å². The Bertz CT molecular complexity index is 351. The fourth-order valence-corrected chi connectivity index (χ4v) is 1.56. The van der Waals surface area contributed by atoms with E-state index in [0.717, 1.165) is 0 Å². The smallest absolute Gasteiger partial charge is 0.251 e. The molecule has 16 heavy (non-hydrogen) atoms. The molecule has 2 unspecified atom stereocenters. The topological polar surface area (TPSA) is 29.1 Å². The molecule has 88 valence electrons. The van der Waals surface area contributed by atoms with E-state index in [1.807, 2.05) is 13.8 Å². The molecule has 0 saturated heterocycles. The molecule has 0 spiro atoms. The Balaban J connectivity index is 2.62. The number of halogens is 2. The lowest BCUT2D eigenvalue weighted by Gasteiger charge is -2.19. The summed E-state index contributed by atoms with van der Waals surface area (Å²) in [5.74, 6) is 0.682. The summed E-state index contributed by atoms with van der Waals surface area (Å²) >= 11 is 11.5. The van der Waals surface area contributed by atoms with Gasteiger partial charge in [0.2, 0.25) is 0 Å². The number of carbonyl (C=O) groups excluding carboxylic acids is 1. The standard InChI is InChI=1S/C12H15Cl2NO/c1-8(7-13)9(2)15-12(16)10-3-5-11(14)6-4-10/h3-6,8-9H,7H2,1-2H3,(H,15,16). The maximum absolute atomic E-state index is 11.8. The first-order valence-electron chi connectivity index (χ1n) is 5.17. The van der Waals surface area contributed by atoms with E-state index < -0.39 is 0 Å². The van der Waals surface area contributed by atoms with Crippen LogP contribution in [0.25, 0.3) is 0 Å². The van der Waals surface area contributed by atoms with Gasteiger partial charge in [-0.3, -0.25) is 4.79 Å². The molecule has 0 radical (unpaired) electrons. The summed E-state index contributed by atoms with van der Waals surface area (Å²) in [4.78, 5) is 11.8. The normalized spacial score (nSPS) is 14.2. The van der Waals surface area contributed by atoms with Crippen molar-refractivity contribution in [2.45, 2.75) is 19.9 Å². The second-order valence-electron chi connectivity index (χ2n) is 3.90. The van der Waals surface area contributed by atoms with Gasteiger partial charge in [-0.1, -0.05) is 18.5 Å². The van der Waals surface area contributed by atoms with E-state index in [0.29, 0.717) is 16.5 Å². The fraction of sp³-hybridized carbons (Fsp3) is 0.417. The van der Waals surface area contributed by atoms with Gasteiger partial charge in [-0.05, 0) is 37.1 Å². The van der Waals surface area contributed by atoms with Crippen LogP contribution < -0.4 is 5.32 Å². The van der Waals surface area contributed by atoms with Crippen molar-refractivity contribution in [3.63, 3.8) is 0 Å². The molecule has 0 bridgehead atoms. The maximum Gasteiger partial charge on any atom is 0.251 e. The summed E-state index contributed by atoms with van der Waals surface area (Å²) in [6.45, 7) is 3.95. The van der Waals surface area contributed by atoms with Gasteiger partial charge in [-0.2, -0.15) is 0 Å². The predicted molar refractivity (Wildman–Crippen MR) is 68.3 cm³/mol. The fourth-order valence-electron chi connectivity index (χ4n) is 1.17. The van der Waals surface area contributed by atoms with Crippen LogP contribution in [0, 0.1) is 5.92 Å². The molecule has 2 atom stereocenters. The Labute approximate surface area is 106 Å². The molecule has 1 rings (SSSR count). The molecule has 0 aliphatic heterocycles. The largest absolute Gasteiger partial charge is 0.349 e. The molecule has 2 nitrogen and oxygen atoms in total. The number of amides is 1. The average molecular weight is 260 g/mol. The van der Waals surface area contributed by atoms with Crippen molar-refractivity contribution in [2.24, 2.45) is 5.92 Å². The van der Waals surface area contributed by atoms with Gasteiger partial charge in [-0.15, -0.1) is 11.6 Å². The van der Waals surface area contributed by atoms with Crippen LogP contribution in [0.5, 0.6) is 0 Å². The molecular weight excluding hydrogens is 245 g/mol. The Hall–Kier alpha value is -0.730. The van der Waals surface area contributed by atoms with Crippen LogP contribution in [0.1, 0.15) is 24.2 Å². The van der Waals surface area contributed by atoms with Crippen LogP contribution in [-0.4, -0.2) is 17.8 Å². The van der Waals surface area contributed by atoms with Crippen LogP contribution in [0.15, 0.2) is 24.3 Å². The van der Waals surface area contributed by atoms with Gasteiger partial charge >= 0.3 is 0 Å². The van der Waals surface area contributed by atoms with Gasteiger partial charge in [0.1, 0.15) is 0 Å². The Morgan fingerprint density at radius 1 is 1.31 bits per heavy atom. The van der Waals surface area contributed by atoms with E-state index in [-0.39, 0.29) is 17.9 Å². The zero-order chi connectivity index (χ0) is 12.1. The highest BCUT2D eigenvalue weighted by atomic mass is 35.5. The van der Waals surface area contributed by atoms with Crippen molar-refractivity contribution in [1.82, 2.24) is 5.32 Å². The number of alkyl halides is 1. The van der Waals surface area contributed by atoms with Crippen molar-refractivity contribution in [2.75, 3.05) is 5.88 Å². The van der Waals surface area contributed by atoms with Gasteiger partial charge in [0.25, 0.3) is 5.91 Å². The quantitative estimate of drug-likeness (QED) is 0.826. The minimum absolute atomic E-state index is 0.0562. The van der Waals surface area contributed by atoms with Gasteiger partial charge in [0.05, 0.1) is 0 Å². The van der Waals surface area contributed by atoms with Crippen molar-refractivity contribution in [3.05, 3.63) is 34.9 Å². The lowest BCUT2D eigenvalue weighted by molar-refractivity contribution is 0.0931. The Morgan fingerprint density at radius 3 is 2.38 bits per heavy atom. The number of carbonyl (C=O) groups is 1. The van der Waals surface area contributed by atoms with Gasteiger partial charge < -0.3 is 5.32 Å². The average Bonchev–Trinajstić information content (AvgIpc) is 2.28.